The first kappa shape index (κ1) is 41.0. The Morgan fingerprint density at radius 3 is 2.05 bits per heavy atom. The van der Waals surface area contributed by atoms with Gasteiger partial charge in [-0.3, -0.25) is 9.98 Å². The highest BCUT2D eigenvalue weighted by atomic mass is 127. The van der Waals surface area contributed by atoms with E-state index in [1.165, 1.54) is 37.0 Å². The van der Waals surface area contributed by atoms with E-state index in [-0.39, 0.29) is 22.3 Å². The number of hydrogen-bond donors (Lipinski definition) is 2. The van der Waals surface area contributed by atoms with Crippen molar-refractivity contribution in [2.45, 2.75) is 105 Å². The molecule has 5 heterocycles. The molecule has 4 aliphatic heterocycles. The van der Waals surface area contributed by atoms with Crippen molar-refractivity contribution in [2.75, 3.05) is 0 Å². The zero-order valence-electron chi connectivity index (χ0n) is 36.6. The quantitative estimate of drug-likeness (QED) is 0.120. The summed E-state index contributed by atoms with van der Waals surface area (Å²) in [5.41, 5.74) is 21.4. The van der Waals surface area contributed by atoms with Crippen LogP contribution in [0.1, 0.15) is 107 Å². The Hall–Kier alpha value is -4.71. The second-order valence-corrected chi connectivity index (χ2v) is 26.4. The lowest BCUT2D eigenvalue weighted by Gasteiger charge is -2.27. The van der Waals surface area contributed by atoms with Gasteiger partial charge in [-0.05, 0) is 128 Å². The number of halogens is 1. The third kappa shape index (κ3) is 8.93. The van der Waals surface area contributed by atoms with Gasteiger partial charge in [-0.15, -0.1) is 5.54 Å². The number of nitrogens with zero attached hydrogens (tertiary/aromatic N) is 2. The van der Waals surface area contributed by atoms with Gasteiger partial charge in [0.25, 0.3) is 0 Å². The molecule has 300 valence electrons. The van der Waals surface area contributed by atoms with Crippen molar-refractivity contribution >= 4 is 59.3 Å². The predicted molar refractivity (Wildman–Crippen MR) is 263 cm³/mol. The minimum atomic E-state index is -1.48. The summed E-state index contributed by atoms with van der Waals surface area (Å²) in [5, 5.41) is 3.91. The first-order valence-electron chi connectivity index (χ1n) is 21.0. The smallest absolute Gasteiger partial charge is 0.129 e. The fourth-order valence-electron chi connectivity index (χ4n) is 8.17. The lowest BCUT2D eigenvalue weighted by Crippen LogP contribution is -2.26. The summed E-state index contributed by atoms with van der Waals surface area (Å²) in [6, 6.07) is 27.2. The number of allylic oxidation sites excluding steroid dienone is 5. The van der Waals surface area contributed by atoms with Crippen LogP contribution in [0.3, 0.4) is 0 Å². The lowest BCUT2D eigenvalue weighted by atomic mass is 9.78. The van der Waals surface area contributed by atoms with Crippen LogP contribution in [-0.2, 0) is 10.8 Å². The average molecular weight is 905 g/mol. The van der Waals surface area contributed by atoms with Crippen molar-refractivity contribution in [3.63, 3.8) is 0 Å². The van der Waals surface area contributed by atoms with Gasteiger partial charge in [-0.2, -0.15) is 0 Å². The normalized spacial score (nSPS) is 21.7. The fourth-order valence-corrected chi connectivity index (χ4v) is 9.05. The maximum absolute atomic E-state index is 5.50. The van der Waals surface area contributed by atoms with Crippen molar-refractivity contribution < 1.29 is 0 Å². The molecule has 0 saturated carbocycles. The van der Waals surface area contributed by atoms with Crippen LogP contribution < -0.4 is 5.32 Å². The number of rotatable bonds is 3. The molecular weight excluding hydrogens is 848 g/mol. The molecule has 0 spiro atoms. The van der Waals surface area contributed by atoms with E-state index in [1.807, 2.05) is 0 Å². The van der Waals surface area contributed by atoms with Gasteiger partial charge >= 0.3 is 0 Å². The van der Waals surface area contributed by atoms with Gasteiger partial charge in [0.2, 0.25) is 0 Å². The molecule has 1 unspecified atom stereocenters. The first-order valence-corrected chi connectivity index (χ1v) is 25.6. The van der Waals surface area contributed by atoms with Crippen LogP contribution in [0.4, 0.5) is 0 Å². The van der Waals surface area contributed by atoms with Crippen LogP contribution in [0.15, 0.2) is 124 Å². The lowest BCUT2D eigenvalue weighted by molar-refractivity contribution is 0.488. The van der Waals surface area contributed by atoms with Crippen LogP contribution in [0.25, 0.3) is 28.3 Å². The zero-order chi connectivity index (χ0) is 42.1. The van der Waals surface area contributed by atoms with Crippen molar-refractivity contribution in [1.82, 2.24) is 10.3 Å². The molecular formula is C53H57IN4Si. The summed E-state index contributed by atoms with van der Waals surface area (Å²) in [7, 11) is -1.48. The van der Waals surface area contributed by atoms with Crippen molar-refractivity contribution in [3.05, 3.63) is 157 Å². The van der Waals surface area contributed by atoms with E-state index in [4.69, 9.17) is 9.98 Å². The molecule has 4 aromatic rings. The Labute approximate surface area is 367 Å². The van der Waals surface area contributed by atoms with Gasteiger partial charge < -0.3 is 10.3 Å². The standard InChI is InChI=1S/C53H57IN4Si/c1-51(2,3)37-24-36(25-38(26-37)52(4,5)6)50-45-21-20-40(55-45)29-46-43(34-14-12-33(13-15-34)22-23-59(9,10)11)28-41(56-46)27-42-32-53(7,8)49(57-42)31-47-44(30-48(50)58-47)35-16-18-39(54)19-17-35/h12-21,24-28,30-31,46,56,58H,29,32H2,1-11H3/b41-27-,49-31-,50-45-. The SMILES string of the molecule is CC1(C)CC2=NC/1=C\c1[nH]c(cc1-c1ccc(I)cc1)/C(c1cc(C(C)(C)C)cc(C(C)(C)C)c1)=C1/C=CC(=N1)CC1N/C(=C\2)C=C1c1ccc(C#C[Si](C)(C)C)cc1. The minimum absolute atomic E-state index is 0.0396. The van der Waals surface area contributed by atoms with E-state index < -0.39 is 8.07 Å². The largest absolute Gasteiger partial charge is 0.378 e. The number of fused-ring (bicyclic) bond motifs is 6. The number of H-pyrrole nitrogens is 1. The van der Waals surface area contributed by atoms with Crippen molar-refractivity contribution in [2.24, 2.45) is 15.4 Å². The molecule has 0 aliphatic carbocycles. The van der Waals surface area contributed by atoms with E-state index in [0.717, 1.165) is 69.4 Å². The van der Waals surface area contributed by atoms with E-state index >= 15 is 0 Å². The topological polar surface area (TPSA) is 52.5 Å². The second kappa shape index (κ2) is 15.1. The number of aliphatic imine (C=N–C) groups is 2. The molecule has 0 amide bonds. The highest BCUT2D eigenvalue weighted by molar-refractivity contribution is 14.1. The highest BCUT2D eigenvalue weighted by Crippen LogP contribution is 2.43. The van der Waals surface area contributed by atoms with Gasteiger partial charge in [0, 0.05) is 72.7 Å². The minimum Gasteiger partial charge on any atom is -0.378 e. The Bertz CT molecular complexity index is 2610. The van der Waals surface area contributed by atoms with Crippen molar-refractivity contribution in [3.8, 4) is 22.6 Å². The van der Waals surface area contributed by atoms with Crippen LogP contribution in [0.5, 0.6) is 0 Å². The van der Waals surface area contributed by atoms with E-state index in [9.17, 15) is 0 Å². The third-order valence-corrected chi connectivity index (χ3v) is 13.2. The Balaban J connectivity index is 1.35. The van der Waals surface area contributed by atoms with Gasteiger partial charge in [0.05, 0.1) is 11.7 Å². The second-order valence-electron chi connectivity index (χ2n) is 20.4. The molecule has 0 radical (unpaired) electrons. The Morgan fingerprint density at radius 2 is 1.41 bits per heavy atom. The molecule has 0 fully saturated rings. The Kier molecular flexibility index (Phi) is 10.5. The van der Waals surface area contributed by atoms with Crippen LogP contribution in [0, 0.1) is 20.4 Å². The van der Waals surface area contributed by atoms with Gasteiger partial charge in [-0.25, -0.2) is 0 Å². The van der Waals surface area contributed by atoms with Gasteiger partial charge in [0.1, 0.15) is 8.07 Å². The fraction of sp³-hybridized carbons (Fsp3) is 0.321. The van der Waals surface area contributed by atoms with E-state index in [1.54, 1.807) is 0 Å². The summed E-state index contributed by atoms with van der Waals surface area (Å²) in [5.74, 6) is 3.43. The van der Waals surface area contributed by atoms with Crippen LogP contribution in [0.2, 0.25) is 19.6 Å². The molecule has 8 bridgehead atoms. The van der Waals surface area contributed by atoms with E-state index in [0.29, 0.717) is 0 Å². The summed E-state index contributed by atoms with van der Waals surface area (Å²) >= 11 is 2.39. The zero-order valence-corrected chi connectivity index (χ0v) is 39.7. The number of nitrogens with one attached hydrogen (secondary N) is 2. The number of hydrogen-bond acceptors (Lipinski definition) is 3. The van der Waals surface area contributed by atoms with Crippen LogP contribution >= 0.6 is 22.6 Å². The maximum atomic E-state index is 5.50. The number of aromatic nitrogens is 1. The van der Waals surface area contributed by atoms with Crippen LogP contribution in [-0.4, -0.2) is 30.5 Å². The average Bonchev–Trinajstić information content (AvgIpc) is 3.93. The molecule has 8 rings (SSSR count). The summed E-state index contributed by atoms with van der Waals surface area (Å²) in [4.78, 5) is 14.8. The number of benzene rings is 3. The molecule has 4 aliphatic rings. The van der Waals surface area contributed by atoms with Crippen molar-refractivity contribution in [1.29, 1.82) is 0 Å². The predicted octanol–water partition coefficient (Wildman–Crippen LogP) is 13.4. The number of aromatic amines is 1. The first-order chi connectivity index (χ1) is 27.7. The molecule has 3 aromatic carbocycles. The molecule has 0 saturated heterocycles. The third-order valence-electron chi connectivity index (χ3n) is 11.6. The summed E-state index contributed by atoms with van der Waals surface area (Å²) < 4.78 is 1.21. The molecule has 2 N–H and O–H groups in total. The summed E-state index contributed by atoms with van der Waals surface area (Å²) in [6.07, 6.45) is 12.9. The summed E-state index contributed by atoms with van der Waals surface area (Å²) in [6.45, 7) is 25.3. The highest BCUT2D eigenvalue weighted by Gasteiger charge is 2.33. The Morgan fingerprint density at radius 1 is 0.746 bits per heavy atom. The molecule has 1 aromatic heterocycles. The molecule has 1 atom stereocenters. The monoisotopic (exact) mass is 904 g/mol. The van der Waals surface area contributed by atoms with E-state index in [2.05, 4.69) is 223 Å². The molecule has 6 heteroatoms. The molecule has 59 heavy (non-hydrogen) atoms. The van der Waals surface area contributed by atoms with Gasteiger partial charge in [0.15, 0.2) is 0 Å². The maximum Gasteiger partial charge on any atom is 0.129 e. The van der Waals surface area contributed by atoms with Gasteiger partial charge in [-0.1, -0.05) is 123 Å². The molecule has 4 nitrogen and oxygen atoms in total.